The number of amides is 5. The topological polar surface area (TPSA) is 183 Å². The summed E-state index contributed by atoms with van der Waals surface area (Å²) >= 11 is 6.57. The van der Waals surface area contributed by atoms with Crippen LogP contribution < -0.4 is 26.3 Å². The standard InChI is InChI=1S/C47H57ClF2N12O4.CH4O/c1-29-35(48)21-31(22-38(29)60-16-10-41(63)55-45(60)66)44(65)59-19-13-46(14-20-59)11-17-57(18-12-46)27-32-9-15-58(28-47(32,49)50)26-30-5-3-8-37-34(30)24-53-61(37)40-23-36(51-2)42-52-25-39(62(42)56-40)43(64)54-33-6-4-7-33;1-2/h3,5,8,21-25,32-33,42,52,56H,4,6-7,9-20,26-28H2,1-2H3,(H,54,64)(H,55,63,66);2H,1H3. The number of nitrogens with one attached hydrogen (secondary N) is 4. The van der Waals surface area contributed by atoms with Gasteiger partial charge in [-0.05, 0) is 113 Å². The van der Waals surface area contributed by atoms with Gasteiger partial charge in [0.2, 0.25) is 5.91 Å². The summed E-state index contributed by atoms with van der Waals surface area (Å²) in [5.74, 6) is -3.61. The molecule has 4 saturated heterocycles. The molecule has 68 heavy (non-hydrogen) atoms. The van der Waals surface area contributed by atoms with Crippen molar-refractivity contribution in [3.8, 4) is 0 Å². The van der Waals surface area contributed by atoms with Gasteiger partial charge in [0, 0.05) is 93.5 Å². The van der Waals surface area contributed by atoms with Crippen molar-refractivity contribution in [1.29, 1.82) is 0 Å². The van der Waals surface area contributed by atoms with Gasteiger partial charge < -0.3 is 25.5 Å². The number of aliphatic hydroxyl groups excluding tert-OH is 1. The van der Waals surface area contributed by atoms with Gasteiger partial charge in [0.05, 0.1) is 29.7 Å². The fourth-order valence-corrected chi connectivity index (χ4v) is 11.0. The van der Waals surface area contributed by atoms with E-state index in [1.807, 2.05) is 34.1 Å². The van der Waals surface area contributed by atoms with E-state index in [0.717, 1.165) is 87.3 Å². The number of imide groups is 1. The number of carbonyl (C=O) groups excluding carboxylic acids is 4. The summed E-state index contributed by atoms with van der Waals surface area (Å²) in [5.41, 5.74) is 7.95. The molecular formula is C48H61ClF2N12O5. The number of carbonyl (C=O) groups is 4. The Labute approximate surface area is 399 Å². The highest BCUT2D eigenvalue weighted by Gasteiger charge is 2.47. The molecule has 17 nitrogen and oxygen atoms in total. The van der Waals surface area contributed by atoms with E-state index >= 15 is 8.78 Å². The van der Waals surface area contributed by atoms with Crippen LogP contribution >= 0.6 is 11.6 Å². The molecule has 7 aliphatic rings. The van der Waals surface area contributed by atoms with Gasteiger partial charge in [-0.25, -0.2) is 18.3 Å². The lowest BCUT2D eigenvalue weighted by Gasteiger charge is -2.48. The second kappa shape index (κ2) is 19.4. The molecule has 10 rings (SSSR count). The Morgan fingerprint density at radius 2 is 1.75 bits per heavy atom. The van der Waals surface area contributed by atoms with Gasteiger partial charge in [0.25, 0.3) is 17.7 Å². The van der Waals surface area contributed by atoms with E-state index in [-0.39, 0.29) is 54.9 Å². The van der Waals surface area contributed by atoms with Crippen molar-refractivity contribution in [2.24, 2.45) is 16.3 Å². The Bertz CT molecular complexity index is 2540. The number of likely N-dealkylation sites (tertiary alicyclic amines) is 3. The van der Waals surface area contributed by atoms with E-state index in [1.54, 1.807) is 48.2 Å². The maximum absolute atomic E-state index is 16.1. The number of anilines is 1. The van der Waals surface area contributed by atoms with Crippen LogP contribution in [0.1, 0.15) is 79.3 Å². The van der Waals surface area contributed by atoms with Crippen molar-refractivity contribution in [3.05, 3.63) is 76.2 Å². The second-order valence-electron chi connectivity index (χ2n) is 19.2. The van der Waals surface area contributed by atoms with Crippen molar-refractivity contribution in [3.63, 3.8) is 0 Å². The van der Waals surface area contributed by atoms with Crippen LogP contribution in [0, 0.1) is 18.3 Å². The molecule has 6 aliphatic heterocycles. The van der Waals surface area contributed by atoms with Crippen molar-refractivity contribution in [1.82, 2.24) is 50.9 Å². The molecule has 7 heterocycles. The summed E-state index contributed by atoms with van der Waals surface area (Å²) < 4.78 is 33.9. The monoisotopic (exact) mass is 958 g/mol. The smallest absolute Gasteiger partial charge is 0.328 e. The largest absolute Gasteiger partial charge is 0.400 e. The number of aliphatic hydroxyl groups is 1. The summed E-state index contributed by atoms with van der Waals surface area (Å²) in [5, 5.41) is 23.5. The first-order valence-electron chi connectivity index (χ1n) is 23.7. The van der Waals surface area contributed by atoms with Crippen molar-refractivity contribution in [2.75, 3.05) is 71.4 Å². The first-order chi connectivity index (χ1) is 32.8. The zero-order chi connectivity index (χ0) is 47.9. The molecule has 364 valence electrons. The molecule has 2 unspecified atom stereocenters. The molecule has 1 aromatic heterocycles. The van der Waals surface area contributed by atoms with Crippen molar-refractivity contribution in [2.45, 2.75) is 89.4 Å². The van der Waals surface area contributed by atoms with Gasteiger partial charge in [0.1, 0.15) is 11.5 Å². The van der Waals surface area contributed by atoms with Crippen LogP contribution in [0.2, 0.25) is 5.02 Å². The average molecular weight is 960 g/mol. The Hall–Kier alpha value is -5.63. The molecule has 1 spiro atoms. The van der Waals surface area contributed by atoms with Crippen LogP contribution in [0.15, 0.2) is 59.5 Å². The lowest BCUT2D eigenvalue weighted by Crippen LogP contribution is -2.55. The minimum atomic E-state index is -2.85. The minimum Gasteiger partial charge on any atom is -0.400 e. The van der Waals surface area contributed by atoms with Crippen LogP contribution in [-0.4, -0.2) is 149 Å². The number of urea groups is 1. The minimum absolute atomic E-state index is 0.0668. The lowest BCUT2D eigenvalue weighted by atomic mass is 9.71. The fraction of sp³-hybridized carbons (Fsp3) is 0.542. The van der Waals surface area contributed by atoms with Gasteiger partial charge in [-0.1, -0.05) is 23.7 Å². The number of hydrogen-bond acceptors (Lipinski definition) is 12. The molecule has 5 N–H and O–H groups in total. The third-order valence-electron chi connectivity index (χ3n) is 15.2. The first-order valence-corrected chi connectivity index (χ1v) is 24.1. The summed E-state index contributed by atoms with van der Waals surface area (Å²) in [7, 11) is 2.71. The Balaban J connectivity index is 0.00000285. The number of benzene rings is 2. The molecule has 3 aromatic rings. The summed E-state index contributed by atoms with van der Waals surface area (Å²) in [6, 6.07) is 8.87. The highest BCUT2D eigenvalue weighted by Crippen LogP contribution is 2.43. The molecule has 1 aliphatic carbocycles. The second-order valence-corrected chi connectivity index (χ2v) is 19.6. The molecule has 2 atom stereocenters. The number of halogens is 3. The van der Waals surface area contributed by atoms with Gasteiger partial charge in [-0.3, -0.25) is 44.9 Å². The Morgan fingerprint density at radius 3 is 2.44 bits per heavy atom. The average Bonchev–Trinajstić information content (AvgIpc) is 3.96. The van der Waals surface area contributed by atoms with E-state index in [9.17, 15) is 19.2 Å². The van der Waals surface area contributed by atoms with E-state index in [1.165, 1.54) is 4.90 Å². The van der Waals surface area contributed by atoms with Crippen LogP contribution in [0.4, 0.5) is 19.3 Å². The predicted molar refractivity (Wildman–Crippen MR) is 255 cm³/mol. The van der Waals surface area contributed by atoms with Crippen molar-refractivity contribution < 1.29 is 33.1 Å². The summed E-state index contributed by atoms with van der Waals surface area (Å²) in [6.45, 7) is 5.66. The molecule has 0 bridgehead atoms. The SMILES string of the molecule is CN=C1C=C(n2ncc3c(CN4CCC(CN5CCC6(CC5)CCN(C(=O)c5cc(Cl)c(C)c(N7CCC(=O)NC7=O)c5)CC6)C(F)(F)C4)cccc32)NN2C(C(=O)NC3CCC3)=CNC12.CO. The zero-order valence-electron chi connectivity index (χ0n) is 38.9. The number of hydrogen-bond donors (Lipinski definition) is 5. The molecular weight excluding hydrogens is 898 g/mol. The highest BCUT2D eigenvalue weighted by atomic mass is 35.5. The maximum Gasteiger partial charge on any atom is 0.328 e. The highest BCUT2D eigenvalue weighted by molar-refractivity contribution is 6.32. The quantitative estimate of drug-likeness (QED) is 0.201. The molecule has 2 aromatic carbocycles. The van der Waals surface area contributed by atoms with Crippen LogP contribution in [0.5, 0.6) is 0 Å². The van der Waals surface area contributed by atoms with E-state index in [0.29, 0.717) is 72.5 Å². The third-order valence-corrected chi connectivity index (χ3v) is 15.6. The maximum atomic E-state index is 16.1. The van der Waals surface area contributed by atoms with Crippen LogP contribution in [-0.2, 0) is 16.1 Å². The number of aliphatic imine (C=N–C) groups is 1. The lowest BCUT2D eigenvalue weighted by molar-refractivity contribution is -0.123. The molecule has 20 heteroatoms. The molecule has 1 saturated carbocycles. The van der Waals surface area contributed by atoms with Gasteiger partial charge >= 0.3 is 6.03 Å². The number of fused-ring (bicyclic) bond motifs is 2. The zero-order valence-corrected chi connectivity index (χ0v) is 39.6. The number of piperidine rings is 3. The van der Waals surface area contributed by atoms with Gasteiger partial charge in [-0.2, -0.15) is 5.10 Å². The van der Waals surface area contributed by atoms with Crippen LogP contribution in [0.3, 0.4) is 0 Å². The number of rotatable bonds is 9. The van der Waals surface area contributed by atoms with Gasteiger partial charge in [0.15, 0.2) is 6.17 Å². The number of hydrazine groups is 1. The summed E-state index contributed by atoms with van der Waals surface area (Å²) in [6.07, 6.45) is 12.2. The number of alkyl halides is 2. The Morgan fingerprint density at radius 1 is 1.00 bits per heavy atom. The van der Waals surface area contributed by atoms with E-state index in [4.69, 9.17) is 21.8 Å². The predicted octanol–water partition coefficient (Wildman–Crippen LogP) is 4.66. The number of aromatic nitrogens is 2. The molecule has 0 radical (unpaired) electrons. The normalized spacial score (nSPS) is 24.6. The Kier molecular flexibility index (Phi) is 13.5. The van der Waals surface area contributed by atoms with E-state index in [2.05, 4.69) is 31.3 Å². The first kappa shape index (κ1) is 47.4. The molecule has 5 amide bonds. The molecule has 5 fully saturated rings. The number of nitrogens with zero attached hydrogens (tertiary/aromatic N) is 8. The van der Waals surface area contributed by atoms with Gasteiger partial charge in [-0.15, -0.1) is 0 Å². The fourth-order valence-electron chi connectivity index (χ4n) is 10.8. The summed E-state index contributed by atoms with van der Waals surface area (Å²) in [4.78, 5) is 63.2. The third kappa shape index (κ3) is 9.29. The van der Waals surface area contributed by atoms with Crippen molar-refractivity contribution >= 4 is 63.5 Å². The van der Waals surface area contributed by atoms with Crippen LogP contribution in [0.25, 0.3) is 16.7 Å². The van der Waals surface area contributed by atoms with E-state index < -0.39 is 17.9 Å².